The molecular formula is C14H19N5O. The summed E-state index contributed by atoms with van der Waals surface area (Å²) in [4.78, 5) is 25.9. The zero-order chi connectivity index (χ0) is 13.9. The fourth-order valence-electron chi connectivity index (χ4n) is 2.90. The minimum absolute atomic E-state index is 0.0119. The second-order valence-corrected chi connectivity index (χ2v) is 5.28. The summed E-state index contributed by atoms with van der Waals surface area (Å²) in [5, 5.41) is 3.99. The van der Waals surface area contributed by atoms with Crippen LogP contribution in [0.1, 0.15) is 23.3 Å². The van der Waals surface area contributed by atoms with Gasteiger partial charge in [-0.2, -0.15) is 0 Å². The van der Waals surface area contributed by atoms with E-state index in [-0.39, 0.29) is 5.91 Å². The van der Waals surface area contributed by atoms with Gasteiger partial charge in [0.1, 0.15) is 17.7 Å². The van der Waals surface area contributed by atoms with Gasteiger partial charge in [0.25, 0.3) is 5.91 Å². The number of aromatic nitrogens is 3. The van der Waals surface area contributed by atoms with E-state index in [0.717, 1.165) is 31.4 Å². The topological polar surface area (TPSA) is 73.9 Å². The molecule has 1 aliphatic heterocycles. The average molecular weight is 273 g/mol. The van der Waals surface area contributed by atoms with Crippen LogP contribution in [-0.2, 0) is 0 Å². The van der Waals surface area contributed by atoms with E-state index in [1.165, 1.54) is 12.7 Å². The van der Waals surface area contributed by atoms with Crippen LogP contribution in [-0.4, -0.2) is 52.4 Å². The molecule has 0 aromatic carbocycles. The lowest BCUT2D eigenvalue weighted by Crippen LogP contribution is -2.42. The van der Waals surface area contributed by atoms with Gasteiger partial charge in [-0.3, -0.25) is 4.79 Å². The van der Waals surface area contributed by atoms with Gasteiger partial charge < -0.3 is 15.2 Å². The maximum absolute atomic E-state index is 12.7. The zero-order valence-electron chi connectivity index (χ0n) is 11.6. The molecule has 1 amide bonds. The SMILES string of the molecule is CNCC1CCCN(C(=O)c2ncnc3[nH]ccc23)C1. The molecule has 106 valence electrons. The van der Waals surface area contributed by atoms with E-state index in [4.69, 9.17) is 0 Å². The third-order valence-electron chi connectivity index (χ3n) is 3.86. The van der Waals surface area contributed by atoms with Crippen LogP contribution >= 0.6 is 0 Å². The molecule has 1 atom stereocenters. The van der Waals surface area contributed by atoms with Gasteiger partial charge in [-0.05, 0) is 38.4 Å². The normalized spacial score (nSPS) is 19.4. The molecule has 0 spiro atoms. The van der Waals surface area contributed by atoms with Gasteiger partial charge in [-0.15, -0.1) is 0 Å². The number of hydrogen-bond acceptors (Lipinski definition) is 4. The number of fused-ring (bicyclic) bond motifs is 1. The Bertz CT molecular complexity index is 606. The average Bonchev–Trinajstić information content (AvgIpc) is 2.95. The molecule has 1 fully saturated rings. The Morgan fingerprint density at radius 2 is 2.45 bits per heavy atom. The summed E-state index contributed by atoms with van der Waals surface area (Å²) in [7, 11) is 1.95. The summed E-state index contributed by atoms with van der Waals surface area (Å²) >= 11 is 0. The van der Waals surface area contributed by atoms with Crippen molar-refractivity contribution in [1.29, 1.82) is 0 Å². The number of hydrogen-bond donors (Lipinski definition) is 2. The molecule has 2 aromatic rings. The summed E-state index contributed by atoms with van der Waals surface area (Å²) in [5.41, 5.74) is 1.22. The van der Waals surface area contributed by atoms with E-state index < -0.39 is 0 Å². The minimum Gasteiger partial charge on any atom is -0.346 e. The number of amides is 1. The molecule has 1 aliphatic rings. The first kappa shape index (κ1) is 13.1. The van der Waals surface area contributed by atoms with Crippen LogP contribution in [0.25, 0.3) is 11.0 Å². The Morgan fingerprint density at radius 3 is 3.30 bits per heavy atom. The highest BCUT2D eigenvalue weighted by atomic mass is 16.2. The van der Waals surface area contributed by atoms with E-state index in [0.29, 0.717) is 17.3 Å². The Labute approximate surface area is 117 Å². The third-order valence-corrected chi connectivity index (χ3v) is 3.86. The number of nitrogens with one attached hydrogen (secondary N) is 2. The second kappa shape index (κ2) is 5.58. The molecule has 0 radical (unpaired) electrons. The smallest absolute Gasteiger partial charge is 0.273 e. The maximum atomic E-state index is 12.7. The molecule has 0 bridgehead atoms. The van der Waals surface area contributed by atoms with Crippen LogP contribution in [0.3, 0.4) is 0 Å². The number of piperidine rings is 1. The fraction of sp³-hybridized carbons (Fsp3) is 0.500. The number of H-pyrrole nitrogens is 1. The summed E-state index contributed by atoms with van der Waals surface area (Å²) in [6, 6.07) is 1.86. The first-order chi connectivity index (χ1) is 9.79. The number of aromatic amines is 1. The molecule has 0 saturated carbocycles. The molecule has 0 aliphatic carbocycles. The largest absolute Gasteiger partial charge is 0.346 e. The molecule has 6 nitrogen and oxygen atoms in total. The van der Waals surface area contributed by atoms with Crippen molar-refractivity contribution in [2.45, 2.75) is 12.8 Å². The standard InChI is InChI=1S/C14H19N5O/c1-15-7-10-3-2-6-19(8-10)14(20)12-11-4-5-16-13(11)18-9-17-12/h4-5,9-10,15H,2-3,6-8H2,1H3,(H,16,17,18). The fourth-order valence-corrected chi connectivity index (χ4v) is 2.90. The van der Waals surface area contributed by atoms with Crippen LogP contribution in [0.15, 0.2) is 18.6 Å². The highest BCUT2D eigenvalue weighted by Crippen LogP contribution is 2.20. The van der Waals surface area contributed by atoms with Gasteiger partial charge in [-0.25, -0.2) is 9.97 Å². The van der Waals surface area contributed by atoms with Crippen molar-refractivity contribution in [3.63, 3.8) is 0 Å². The molecular weight excluding hydrogens is 254 g/mol. The van der Waals surface area contributed by atoms with Crippen molar-refractivity contribution in [2.24, 2.45) is 5.92 Å². The lowest BCUT2D eigenvalue weighted by atomic mass is 9.97. The monoisotopic (exact) mass is 273 g/mol. The quantitative estimate of drug-likeness (QED) is 0.876. The van der Waals surface area contributed by atoms with Crippen molar-refractivity contribution >= 4 is 16.9 Å². The third kappa shape index (κ3) is 2.38. The number of nitrogens with zero attached hydrogens (tertiary/aromatic N) is 3. The Hall–Kier alpha value is -1.95. The predicted octanol–water partition coefficient (Wildman–Crippen LogP) is 1.03. The zero-order valence-corrected chi connectivity index (χ0v) is 11.6. The molecule has 2 N–H and O–H groups in total. The number of rotatable bonds is 3. The van der Waals surface area contributed by atoms with Crippen LogP contribution < -0.4 is 5.32 Å². The van der Waals surface area contributed by atoms with E-state index in [9.17, 15) is 4.79 Å². The predicted molar refractivity (Wildman–Crippen MR) is 76.4 cm³/mol. The van der Waals surface area contributed by atoms with Crippen molar-refractivity contribution in [3.8, 4) is 0 Å². The highest BCUT2D eigenvalue weighted by molar-refractivity contribution is 6.03. The van der Waals surface area contributed by atoms with Crippen LogP contribution in [0, 0.1) is 5.92 Å². The minimum atomic E-state index is 0.0119. The molecule has 6 heteroatoms. The molecule has 1 saturated heterocycles. The summed E-state index contributed by atoms with van der Waals surface area (Å²) in [6.45, 7) is 2.57. The van der Waals surface area contributed by atoms with Crippen molar-refractivity contribution < 1.29 is 4.79 Å². The van der Waals surface area contributed by atoms with Gasteiger partial charge >= 0.3 is 0 Å². The van der Waals surface area contributed by atoms with E-state index >= 15 is 0 Å². The van der Waals surface area contributed by atoms with Gasteiger partial charge in [-0.1, -0.05) is 0 Å². The molecule has 3 heterocycles. The van der Waals surface area contributed by atoms with Crippen molar-refractivity contribution in [1.82, 2.24) is 25.2 Å². The molecule has 20 heavy (non-hydrogen) atoms. The summed E-state index contributed by atoms with van der Waals surface area (Å²) in [6.07, 6.45) is 5.46. The molecule has 3 rings (SSSR count). The Morgan fingerprint density at radius 1 is 1.55 bits per heavy atom. The second-order valence-electron chi connectivity index (χ2n) is 5.28. The van der Waals surface area contributed by atoms with Crippen molar-refractivity contribution in [2.75, 3.05) is 26.7 Å². The highest BCUT2D eigenvalue weighted by Gasteiger charge is 2.26. The van der Waals surface area contributed by atoms with Gasteiger partial charge in [0, 0.05) is 19.3 Å². The summed E-state index contributed by atoms with van der Waals surface area (Å²) < 4.78 is 0. The summed E-state index contributed by atoms with van der Waals surface area (Å²) in [5.74, 6) is 0.541. The van der Waals surface area contributed by atoms with Gasteiger partial charge in [0.2, 0.25) is 0 Å². The lowest BCUT2D eigenvalue weighted by molar-refractivity contribution is 0.0670. The van der Waals surface area contributed by atoms with Gasteiger partial charge in [0.15, 0.2) is 0 Å². The Balaban J connectivity index is 1.83. The first-order valence-corrected chi connectivity index (χ1v) is 7.01. The maximum Gasteiger partial charge on any atom is 0.273 e. The first-order valence-electron chi connectivity index (χ1n) is 7.01. The van der Waals surface area contributed by atoms with Crippen LogP contribution in [0.5, 0.6) is 0 Å². The number of carbonyl (C=O) groups excluding carboxylic acids is 1. The molecule has 1 unspecified atom stereocenters. The van der Waals surface area contributed by atoms with Crippen LogP contribution in [0.2, 0.25) is 0 Å². The number of likely N-dealkylation sites (tertiary alicyclic amines) is 1. The lowest BCUT2D eigenvalue weighted by Gasteiger charge is -2.32. The van der Waals surface area contributed by atoms with E-state index in [1.807, 2.05) is 18.0 Å². The van der Waals surface area contributed by atoms with E-state index in [1.54, 1.807) is 6.20 Å². The number of carbonyl (C=O) groups is 1. The van der Waals surface area contributed by atoms with Crippen LogP contribution in [0.4, 0.5) is 0 Å². The van der Waals surface area contributed by atoms with E-state index in [2.05, 4.69) is 20.3 Å². The van der Waals surface area contributed by atoms with Crippen molar-refractivity contribution in [3.05, 3.63) is 24.3 Å². The van der Waals surface area contributed by atoms with Gasteiger partial charge in [0.05, 0.1) is 5.39 Å². The molecule has 2 aromatic heterocycles. The Kier molecular flexibility index (Phi) is 3.64.